The van der Waals surface area contributed by atoms with E-state index in [0.29, 0.717) is 16.3 Å². The summed E-state index contributed by atoms with van der Waals surface area (Å²) < 4.78 is 13.0. The van der Waals surface area contributed by atoms with Gasteiger partial charge in [-0.2, -0.15) is 0 Å². The van der Waals surface area contributed by atoms with Crippen LogP contribution in [0.5, 0.6) is 0 Å². The standard InChI is InChI=1S/C16H13ClFNO/c1-11(9-12-5-7-13(17)8-6-12)16(20)19-15-4-2-3-14(18)10-15/h2-10H,1H3,(H,19,20). The molecule has 2 aromatic rings. The fraction of sp³-hybridized carbons (Fsp3) is 0.0625. The molecule has 0 radical (unpaired) electrons. The van der Waals surface area contributed by atoms with Crippen LogP contribution in [0.4, 0.5) is 10.1 Å². The Labute approximate surface area is 121 Å². The van der Waals surface area contributed by atoms with Crippen LogP contribution < -0.4 is 5.32 Å². The third-order valence-corrected chi connectivity index (χ3v) is 2.95. The lowest BCUT2D eigenvalue weighted by molar-refractivity contribution is -0.112. The minimum atomic E-state index is -0.387. The average molecular weight is 290 g/mol. The summed E-state index contributed by atoms with van der Waals surface area (Å²) in [6.07, 6.45) is 1.74. The Balaban J connectivity index is 2.10. The monoisotopic (exact) mass is 289 g/mol. The number of rotatable bonds is 3. The van der Waals surface area contributed by atoms with Gasteiger partial charge < -0.3 is 5.32 Å². The van der Waals surface area contributed by atoms with E-state index in [1.54, 1.807) is 37.3 Å². The Kier molecular flexibility index (Phi) is 4.53. The lowest BCUT2D eigenvalue weighted by atomic mass is 10.1. The van der Waals surface area contributed by atoms with Crippen molar-refractivity contribution in [3.63, 3.8) is 0 Å². The predicted molar refractivity (Wildman–Crippen MR) is 80.1 cm³/mol. The minimum Gasteiger partial charge on any atom is -0.322 e. The average Bonchev–Trinajstić information content (AvgIpc) is 2.41. The van der Waals surface area contributed by atoms with Gasteiger partial charge in [-0.25, -0.2) is 4.39 Å². The van der Waals surface area contributed by atoms with Crippen molar-refractivity contribution in [1.82, 2.24) is 0 Å². The Bertz CT molecular complexity index is 650. The van der Waals surface area contributed by atoms with E-state index < -0.39 is 0 Å². The van der Waals surface area contributed by atoms with Gasteiger partial charge >= 0.3 is 0 Å². The maximum absolute atomic E-state index is 13.0. The zero-order valence-electron chi connectivity index (χ0n) is 10.9. The van der Waals surface area contributed by atoms with Crippen LogP contribution in [0.3, 0.4) is 0 Å². The number of anilines is 1. The van der Waals surface area contributed by atoms with Gasteiger partial charge in [-0.15, -0.1) is 0 Å². The van der Waals surface area contributed by atoms with Crippen molar-refractivity contribution in [2.75, 3.05) is 5.32 Å². The first-order valence-electron chi connectivity index (χ1n) is 6.05. The maximum Gasteiger partial charge on any atom is 0.251 e. The van der Waals surface area contributed by atoms with Crippen molar-refractivity contribution >= 4 is 29.3 Å². The Morgan fingerprint density at radius 3 is 2.55 bits per heavy atom. The summed E-state index contributed by atoms with van der Waals surface area (Å²) in [6, 6.07) is 12.9. The molecular weight excluding hydrogens is 277 g/mol. The largest absolute Gasteiger partial charge is 0.322 e. The maximum atomic E-state index is 13.0. The van der Waals surface area contributed by atoms with E-state index in [0.717, 1.165) is 5.56 Å². The fourth-order valence-corrected chi connectivity index (χ4v) is 1.80. The third kappa shape index (κ3) is 3.93. The second-order valence-corrected chi connectivity index (χ2v) is 4.78. The van der Waals surface area contributed by atoms with Gasteiger partial charge in [0.25, 0.3) is 5.91 Å². The number of hydrogen-bond acceptors (Lipinski definition) is 1. The topological polar surface area (TPSA) is 29.1 Å². The summed E-state index contributed by atoms with van der Waals surface area (Å²) in [4.78, 5) is 12.0. The SMILES string of the molecule is CC(=Cc1ccc(Cl)cc1)C(=O)Nc1cccc(F)c1. The number of carbonyl (C=O) groups is 1. The fourth-order valence-electron chi connectivity index (χ4n) is 1.67. The van der Waals surface area contributed by atoms with E-state index >= 15 is 0 Å². The van der Waals surface area contributed by atoms with Crippen molar-refractivity contribution in [2.45, 2.75) is 6.92 Å². The molecule has 102 valence electrons. The van der Waals surface area contributed by atoms with E-state index in [1.165, 1.54) is 12.1 Å². The third-order valence-electron chi connectivity index (χ3n) is 2.69. The summed E-state index contributed by atoms with van der Waals surface area (Å²) in [5.74, 6) is -0.660. The molecule has 0 aliphatic rings. The van der Waals surface area contributed by atoms with E-state index in [2.05, 4.69) is 5.32 Å². The molecule has 0 fully saturated rings. The first-order valence-corrected chi connectivity index (χ1v) is 6.43. The van der Waals surface area contributed by atoms with Gasteiger partial charge in [-0.1, -0.05) is 29.8 Å². The van der Waals surface area contributed by atoms with Crippen LogP contribution in [0, 0.1) is 5.82 Å². The summed E-state index contributed by atoms with van der Waals surface area (Å²) in [7, 11) is 0. The van der Waals surface area contributed by atoms with Crippen LogP contribution in [0.2, 0.25) is 5.02 Å². The molecule has 4 heteroatoms. The van der Waals surface area contributed by atoms with Crippen LogP contribution in [-0.2, 0) is 4.79 Å². The van der Waals surface area contributed by atoms with Gasteiger partial charge in [0.15, 0.2) is 0 Å². The zero-order chi connectivity index (χ0) is 14.5. The molecule has 0 bridgehead atoms. The highest BCUT2D eigenvalue weighted by Crippen LogP contribution is 2.14. The van der Waals surface area contributed by atoms with Crippen LogP contribution in [0.1, 0.15) is 12.5 Å². The molecule has 2 aromatic carbocycles. The molecule has 0 spiro atoms. The molecule has 0 aromatic heterocycles. The van der Waals surface area contributed by atoms with Gasteiger partial charge in [-0.3, -0.25) is 4.79 Å². The molecular formula is C16H13ClFNO. The summed E-state index contributed by atoms with van der Waals surface area (Å²) >= 11 is 5.80. The molecule has 0 heterocycles. The van der Waals surface area contributed by atoms with E-state index in [9.17, 15) is 9.18 Å². The first kappa shape index (κ1) is 14.3. The number of benzene rings is 2. The molecule has 2 nitrogen and oxygen atoms in total. The Morgan fingerprint density at radius 1 is 1.20 bits per heavy atom. The molecule has 0 unspecified atom stereocenters. The number of carbonyl (C=O) groups excluding carboxylic acids is 1. The van der Waals surface area contributed by atoms with Crippen LogP contribution in [0.15, 0.2) is 54.1 Å². The summed E-state index contributed by atoms with van der Waals surface area (Å²) in [5.41, 5.74) is 1.83. The van der Waals surface area contributed by atoms with E-state index in [4.69, 9.17) is 11.6 Å². The Hall–Kier alpha value is -2.13. The van der Waals surface area contributed by atoms with Crippen molar-refractivity contribution in [3.05, 3.63) is 70.5 Å². The van der Waals surface area contributed by atoms with Crippen molar-refractivity contribution < 1.29 is 9.18 Å². The van der Waals surface area contributed by atoms with Crippen LogP contribution >= 0.6 is 11.6 Å². The number of amides is 1. The van der Waals surface area contributed by atoms with Gasteiger partial charge in [-0.05, 0) is 48.9 Å². The molecule has 20 heavy (non-hydrogen) atoms. The van der Waals surface area contributed by atoms with E-state index in [1.807, 2.05) is 12.1 Å². The van der Waals surface area contributed by atoms with Crippen molar-refractivity contribution in [2.24, 2.45) is 0 Å². The van der Waals surface area contributed by atoms with Crippen LogP contribution in [0.25, 0.3) is 6.08 Å². The number of halogens is 2. The normalized spacial score (nSPS) is 11.2. The molecule has 1 amide bonds. The first-order chi connectivity index (χ1) is 9.54. The zero-order valence-corrected chi connectivity index (χ0v) is 11.6. The van der Waals surface area contributed by atoms with Crippen molar-refractivity contribution in [1.29, 1.82) is 0 Å². The van der Waals surface area contributed by atoms with Gasteiger partial charge in [0.05, 0.1) is 0 Å². The van der Waals surface area contributed by atoms with Gasteiger partial charge in [0.2, 0.25) is 0 Å². The quantitative estimate of drug-likeness (QED) is 0.827. The second kappa shape index (κ2) is 6.35. The van der Waals surface area contributed by atoms with Gasteiger partial charge in [0, 0.05) is 16.3 Å². The highest BCUT2D eigenvalue weighted by molar-refractivity contribution is 6.30. The van der Waals surface area contributed by atoms with E-state index in [-0.39, 0.29) is 11.7 Å². The minimum absolute atomic E-state index is 0.273. The molecule has 1 N–H and O–H groups in total. The molecule has 0 atom stereocenters. The molecule has 2 rings (SSSR count). The second-order valence-electron chi connectivity index (χ2n) is 4.34. The number of nitrogens with one attached hydrogen (secondary N) is 1. The Morgan fingerprint density at radius 2 is 1.90 bits per heavy atom. The molecule has 0 aliphatic carbocycles. The highest BCUT2D eigenvalue weighted by atomic mass is 35.5. The highest BCUT2D eigenvalue weighted by Gasteiger charge is 2.05. The van der Waals surface area contributed by atoms with Crippen LogP contribution in [-0.4, -0.2) is 5.91 Å². The van der Waals surface area contributed by atoms with Crippen molar-refractivity contribution in [3.8, 4) is 0 Å². The smallest absolute Gasteiger partial charge is 0.251 e. The molecule has 0 saturated heterocycles. The van der Waals surface area contributed by atoms with Gasteiger partial charge in [0.1, 0.15) is 5.82 Å². The summed E-state index contributed by atoms with van der Waals surface area (Å²) in [6.45, 7) is 1.70. The lowest BCUT2D eigenvalue weighted by Crippen LogP contribution is -2.12. The number of hydrogen-bond donors (Lipinski definition) is 1. The lowest BCUT2D eigenvalue weighted by Gasteiger charge is -2.05. The molecule has 0 aliphatic heterocycles. The predicted octanol–water partition coefficient (Wildman–Crippen LogP) is 4.52. The summed E-state index contributed by atoms with van der Waals surface area (Å²) in [5, 5.41) is 3.28. The molecule has 0 saturated carbocycles.